The van der Waals surface area contributed by atoms with Crippen molar-refractivity contribution in [2.75, 3.05) is 36.7 Å². The molecule has 0 aliphatic carbocycles. The summed E-state index contributed by atoms with van der Waals surface area (Å²) >= 11 is 11.8. The quantitative estimate of drug-likeness (QED) is 0.168. The second-order valence-electron chi connectivity index (χ2n) is 10.1. The number of hydrogen-bond donors (Lipinski definition) is 1. The van der Waals surface area contributed by atoms with Crippen molar-refractivity contribution in [3.05, 3.63) is 105 Å². The van der Waals surface area contributed by atoms with Gasteiger partial charge in [0, 0.05) is 71.5 Å². The number of anilines is 2. The molecule has 0 amide bonds. The van der Waals surface area contributed by atoms with Crippen LogP contribution in [0.2, 0.25) is 0 Å². The third-order valence-electron chi connectivity index (χ3n) is 6.98. The van der Waals surface area contributed by atoms with Gasteiger partial charge in [0.2, 0.25) is 0 Å². The molecule has 0 spiro atoms. The summed E-state index contributed by atoms with van der Waals surface area (Å²) in [6.07, 6.45) is 2.19. The first-order chi connectivity index (χ1) is 19.7. The van der Waals surface area contributed by atoms with E-state index in [4.69, 9.17) is 23.2 Å². The third kappa shape index (κ3) is 7.36. The minimum Gasteiger partial charge on any atom is -0.545 e. The molecular formula is C32H32Cl2N3O4-. The fourth-order valence-corrected chi connectivity index (χ4v) is 5.20. The van der Waals surface area contributed by atoms with E-state index in [1.807, 2.05) is 38.1 Å². The molecule has 0 aliphatic rings. The Hall–Kier alpha value is -3.65. The average molecular weight is 594 g/mol. The largest absolute Gasteiger partial charge is 0.545 e. The molecule has 0 unspecified atom stereocenters. The lowest BCUT2D eigenvalue weighted by Gasteiger charge is -2.19. The third-order valence-corrected chi connectivity index (χ3v) is 7.32. The van der Waals surface area contributed by atoms with E-state index >= 15 is 0 Å². The first-order valence-corrected chi connectivity index (χ1v) is 14.5. The van der Waals surface area contributed by atoms with Crippen molar-refractivity contribution in [3.63, 3.8) is 0 Å². The van der Waals surface area contributed by atoms with Crippen LogP contribution in [0.3, 0.4) is 0 Å². The van der Waals surface area contributed by atoms with E-state index in [9.17, 15) is 19.5 Å². The number of pyridine rings is 1. The predicted molar refractivity (Wildman–Crippen MR) is 164 cm³/mol. The summed E-state index contributed by atoms with van der Waals surface area (Å²) < 4.78 is 1.67. The maximum absolute atomic E-state index is 13.3. The topological polar surface area (TPSA) is 94.5 Å². The number of fused-ring (bicyclic) bond motifs is 1. The number of aromatic nitrogens is 1. The minimum atomic E-state index is -1.52. The number of nitrogens with zero attached hydrogens (tertiary/aromatic N) is 2. The van der Waals surface area contributed by atoms with Crippen LogP contribution >= 0.6 is 23.2 Å². The highest BCUT2D eigenvalue weighted by Crippen LogP contribution is 2.23. The van der Waals surface area contributed by atoms with Crippen molar-refractivity contribution in [1.29, 1.82) is 0 Å². The zero-order valence-corrected chi connectivity index (χ0v) is 24.5. The Morgan fingerprint density at radius 2 is 1.46 bits per heavy atom. The van der Waals surface area contributed by atoms with Crippen LogP contribution in [0.15, 0.2) is 77.7 Å². The number of alkyl halides is 2. The van der Waals surface area contributed by atoms with Gasteiger partial charge in [-0.2, -0.15) is 0 Å². The molecule has 4 rings (SSSR count). The SMILES string of the molecule is CC(C)n1cc(C(=O)[O-])c(=O)c2ccc(C(=O)c3ccc(Nc4ccc(CCN(CCCl)CCCl)cc4)cc3)cc21. The van der Waals surface area contributed by atoms with Crippen molar-refractivity contribution >= 4 is 57.2 Å². The molecule has 0 atom stereocenters. The summed E-state index contributed by atoms with van der Waals surface area (Å²) in [5.41, 5.74) is 3.36. The molecule has 0 bridgehead atoms. The normalized spacial score (nSPS) is 11.4. The fourth-order valence-electron chi connectivity index (χ4n) is 4.72. The number of nitrogens with one attached hydrogen (secondary N) is 1. The summed E-state index contributed by atoms with van der Waals surface area (Å²) in [7, 11) is 0. The van der Waals surface area contributed by atoms with Gasteiger partial charge >= 0.3 is 0 Å². The lowest BCUT2D eigenvalue weighted by atomic mass is 10.0. The number of rotatable bonds is 13. The van der Waals surface area contributed by atoms with Gasteiger partial charge in [-0.25, -0.2) is 0 Å². The van der Waals surface area contributed by atoms with Crippen LogP contribution < -0.4 is 15.9 Å². The Balaban J connectivity index is 1.47. The Kier molecular flexibility index (Phi) is 10.2. The lowest BCUT2D eigenvalue weighted by Crippen LogP contribution is -2.30. The highest BCUT2D eigenvalue weighted by atomic mass is 35.5. The zero-order valence-electron chi connectivity index (χ0n) is 23.0. The number of carboxylic acid groups (broad SMARTS) is 1. The first-order valence-electron chi connectivity index (χ1n) is 13.5. The first kappa shape index (κ1) is 30.3. The lowest BCUT2D eigenvalue weighted by molar-refractivity contribution is -0.255. The number of carboxylic acids is 1. The average Bonchev–Trinajstić information content (AvgIpc) is 2.96. The molecule has 0 saturated carbocycles. The van der Waals surface area contributed by atoms with Gasteiger partial charge in [-0.05, 0) is 74.4 Å². The molecule has 9 heteroatoms. The molecule has 0 radical (unpaired) electrons. The Labute approximate surface area is 249 Å². The fraction of sp³-hybridized carbons (Fsp3) is 0.281. The Morgan fingerprint density at radius 1 is 0.878 bits per heavy atom. The van der Waals surface area contributed by atoms with Crippen LogP contribution in [-0.4, -0.2) is 52.6 Å². The van der Waals surface area contributed by atoms with E-state index in [-0.39, 0.29) is 17.2 Å². The Morgan fingerprint density at radius 3 is 2.02 bits per heavy atom. The van der Waals surface area contributed by atoms with Gasteiger partial charge in [-0.15, -0.1) is 23.2 Å². The highest BCUT2D eigenvalue weighted by molar-refractivity contribution is 6.18. The molecule has 1 aromatic heterocycles. The smallest absolute Gasteiger partial charge is 0.198 e. The van der Waals surface area contributed by atoms with Crippen LogP contribution in [0.1, 0.15) is 51.7 Å². The van der Waals surface area contributed by atoms with Gasteiger partial charge in [0.1, 0.15) is 0 Å². The molecule has 1 N–H and O–H groups in total. The van der Waals surface area contributed by atoms with E-state index in [0.717, 1.165) is 37.4 Å². The number of carbonyl (C=O) groups excluding carboxylic acids is 2. The summed E-state index contributed by atoms with van der Waals surface area (Å²) in [4.78, 5) is 39.7. The number of benzene rings is 3. The summed E-state index contributed by atoms with van der Waals surface area (Å²) in [6, 6.07) is 20.0. The van der Waals surface area contributed by atoms with E-state index in [1.165, 1.54) is 17.8 Å². The molecule has 41 heavy (non-hydrogen) atoms. The summed E-state index contributed by atoms with van der Waals surface area (Å²) in [6.45, 7) is 6.28. The van der Waals surface area contributed by atoms with Crippen molar-refractivity contribution in [3.8, 4) is 0 Å². The van der Waals surface area contributed by atoms with Crippen molar-refractivity contribution < 1.29 is 14.7 Å². The molecule has 7 nitrogen and oxygen atoms in total. The monoisotopic (exact) mass is 592 g/mol. The van der Waals surface area contributed by atoms with E-state index in [1.54, 1.807) is 28.8 Å². The standard InChI is InChI=1S/C32H33Cl2N3O4/c1-21(2)37-20-28(32(40)41)31(39)27-12-7-24(19-29(27)37)30(38)23-5-10-26(11-6-23)35-25-8-3-22(4-9-25)13-16-36(17-14-33)18-15-34/h3-12,19-21,35H,13-18H2,1-2H3,(H,40,41)/p-1. The molecule has 4 aromatic rings. The number of halogens is 2. The van der Waals surface area contributed by atoms with Gasteiger partial charge in [0.15, 0.2) is 11.2 Å². The second kappa shape index (κ2) is 13.8. The van der Waals surface area contributed by atoms with E-state index in [0.29, 0.717) is 28.4 Å². The maximum Gasteiger partial charge on any atom is 0.198 e. The van der Waals surface area contributed by atoms with Crippen molar-refractivity contribution in [2.24, 2.45) is 0 Å². The molecular weight excluding hydrogens is 561 g/mol. The van der Waals surface area contributed by atoms with Crippen LogP contribution in [0.5, 0.6) is 0 Å². The predicted octanol–water partition coefficient (Wildman–Crippen LogP) is 5.24. The van der Waals surface area contributed by atoms with Gasteiger partial charge in [-0.1, -0.05) is 18.2 Å². The maximum atomic E-state index is 13.3. The van der Waals surface area contributed by atoms with Gasteiger partial charge in [0.05, 0.1) is 17.0 Å². The van der Waals surface area contributed by atoms with E-state index in [2.05, 4.69) is 22.3 Å². The second-order valence-corrected chi connectivity index (χ2v) is 10.8. The number of carbonyl (C=O) groups is 2. The zero-order chi connectivity index (χ0) is 29.5. The van der Waals surface area contributed by atoms with Crippen LogP contribution in [0.25, 0.3) is 10.9 Å². The molecule has 214 valence electrons. The summed E-state index contributed by atoms with van der Waals surface area (Å²) in [5, 5.41) is 15.0. The van der Waals surface area contributed by atoms with Gasteiger partial charge in [-0.3, -0.25) is 9.59 Å². The van der Waals surface area contributed by atoms with Crippen LogP contribution in [-0.2, 0) is 6.42 Å². The Bertz CT molecular complexity index is 1580. The number of hydrogen-bond acceptors (Lipinski definition) is 6. The van der Waals surface area contributed by atoms with Gasteiger partial charge < -0.3 is 24.7 Å². The molecule has 0 saturated heterocycles. The summed E-state index contributed by atoms with van der Waals surface area (Å²) in [5.74, 6) is -0.559. The van der Waals surface area contributed by atoms with E-state index < -0.39 is 17.0 Å². The van der Waals surface area contributed by atoms with Crippen molar-refractivity contribution in [2.45, 2.75) is 26.3 Å². The molecule has 0 fully saturated rings. The van der Waals surface area contributed by atoms with Crippen molar-refractivity contribution in [1.82, 2.24) is 9.47 Å². The van der Waals surface area contributed by atoms with Crippen LogP contribution in [0, 0.1) is 0 Å². The minimum absolute atomic E-state index is 0.137. The highest BCUT2D eigenvalue weighted by Gasteiger charge is 2.16. The van der Waals surface area contributed by atoms with Crippen LogP contribution in [0.4, 0.5) is 11.4 Å². The molecule has 1 heterocycles. The van der Waals surface area contributed by atoms with Gasteiger partial charge in [0.25, 0.3) is 0 Å². The molecule has 0 aliphatic heterocycles. The number of ketones is 1. The number of aromatic carboxylic acids is 1. The molecule has 3 aromatic carbocycles.